The van der Waals surface area contributed by atoms with Crippen LogP contribution in [-0.2, 0) is 26.1 Å². The van der Waals surface area contributed by atoms with Crippen LogP contribution in [0.5, 0.6) is 11.5 Å². The molecular formula is C20H19N3O7S2. The Hall–Kier alpha value is -3.51. The first-order chi connectivity index (χ1) is 15.3. The molecule has 0 fully saturated rings. The second kappa shape index (κ2) is 10.2. The first kappa shape index (κ1) is 23.2. The second-order valence-electron chi connectivity index (χ2n) is 6.44. The number of benzene rings is 1. The maximum absolute atomic E-state index is 12.3. The van der Waals surface area contributed by atoms with Crippen molar-refractivity contribution in [3.05, 3.63) is 64.0 Å². The molecule has 0 atom stereocenters. The van der Waals surface area contributed by atoms with Crippen LogP contribution in [0.25, 0.3) is 0 Å². The quantitative estimate of drug-likeness (QED) is 0.215. The molecule has 1 amide bonds. The van der Waals surface area contributed by atoms with Crippen molar-refractivity contribution in [2.45, 2.75) is 18.4 Å². The van der Waals surface area contributed by atoms with Crippen LogP contribution >= 0.6 is 11.3 Å². The molecule has 2 aromatic heterocycles. The normalized spacial score (nSPS) is 11.4. The van der Waals surface area contributed by atoms with Gasteiger partial charge in [-0.3, -0.25) is 9.59 Å². The molecule has 1 N–H and O–H groups in total. The zero-order valence-electron chi connectivity index (χ0n) is 17.1. The molecule has 3 aromatic rings. The smallest absolute Gasteiger partial charge is 0.308 e. The van der Waals surface area contributed by atoms with Crippen molar-refractivity contribution in [2.24, 2.45) is 5.10 Å². The van der Waals surface area contributed by atoms with E-state index in [1.807, 2.05) is 0 Å². The van der Waals surface area contributed by atoms with E-state index in [1.165, 1.54) is 31.9 Å². The van der Waals surface area contributed by atoms with Crippen molar-refractivity contribution in [1.82, 2.24) is 10.4 Å². The predicted octanol–water partition coefficient (Wildman–Crippen LogP) is 2.55. The van der Waals surface area contributed by atoms with Gasteiger partial charge < -0.3 is 13.9 Å². The van der Waals surface area contributed by atoms with Crippen molar-refractivity contribution in [2.75, 3.05) is 7.11 Å². The SMILES string of the molecule is COc1cc(/C=N/NC(=O)c2csc(CS(=O)(=O)Cc3ccco3)n2)ccc1OC(C)=O. The molecule has 32 heavy (non-hydrogen) atoms. The van der Waals surface area contributed by atoms with Gasteiger partial charge >= 0.3 is 5.97 Å². The predicted molar refractivity (Wildman–Crippen MR) is 117 cm³/mol. The van der Waals surface area contributed by atoms with E-state index >= 15 is 0 Å². The minimum Gasteiger partial charge on any atom is -0.493 e. The maximum atomic E-state index is 12.3. The Morgan fingerprint density at radius 1 is 1.25 bits per heavy atom. The number of nitrogens with one attached hydrogen (secondary N) is 1. The van der Waals surface area contributed by atoms with E-state index in [1.54, 1.807) is 30.3 Å². The van der Waals surface area contributed by atoms with Crippen molar-refractivity contribution < 1.29 is 31.9 Å². The fourth-order valence-corrected chi connectivity index (χ4v) is 5.07. The number of thiazole rings is 1. The lowest BCUT2D eigenvalue weighted by Crippen LogP contribution is -2.18. The van der Waals surface area contributed by atoms with Gasteiger partial charge in [0, 0.05) is 12.3 Å². The molecule has 0 bridgehead atoms. The highest BCUT2D eigenvalue weighted by atomic mass is 32.2. The Morgan fingerprint density at radius 2 is 2.06 bits per heavy atom. The summed E-state index contributed by atoms with van der Waals surface area (Å²) < 4.78 is 39.8. The molecule has 0 aliphatic rings. The van der Waals surface area contributed by atoms with E-state index in [9.17, 15) is 18.0 Å². The van der Waals surface area contributed by atoms with Gasteiger partial charge in [-0.15, -0.1) is 11.3 Å². The first-order valence-corrected chi connectivity index (χ1v) is 11.8. The molecule has 0 spiro atoms. The zero-order valence-corrected chi connectivity index (χ0v) is 18.7. The number of rotatable bonds is 9. The van der Waals surface area contributed by atoms with E-state index in [2.05, 4.69) is 15.5 Å². The first-order valence-electron chi connectivity index (χ1n) is 9.13. The number of sulfone groups is 1. The van der Waals surface area contributed by atoms with Crippen LogP contribution in [0, 0.1) is 0 Å². The average Bonchev–Trinajstić information content (AvgIpc) is 3.40. The van der Waals surface area contributed by atoms with Gasteiger partial charge in [-0.05, 0) is 35.9 Å². The van der Waals surface area contributed by atoms with Crippen molar-refractivity contribution in [3.8, 4) is 11.5 Å². The minimum absolute atomic E-state index is 0.0538. The van der Waals surface area contributed by atoms with Crippen LogP contribution in [0.3, 0.4) is 0 Å². The Morgan fingerprint density at radius 3 is 2.75 bits per heavy atom. The molecular weight excluding hydrogens is 458 g/mol. The Balaban J connectivity index is 1.59. The van der Waals surface area contributed by atoms with Gasteiger partial charge in [-0.1, -0.05) is 0 Å². The van der Waals surface area contributed by atoms with Gasteiger partial charge in [0.1, 0.15) is 28.0 Å². The molecule has 0 saturated carbocycles. The topological polar surface area (TPSA) is 137 Å². The summed E-state index contributed by atoms with van der Waals surface area (Å²) in [4.78, 5) is 27.4. The third kappa shape index (κ3) is 6.49. The maximum Gasteiger partial charge on any atom is 0.308 e. The summed E-state index contributed by atoms with van der Waals surface area (Å²) in [7, 11) is -2.06. The fraction of sp³-hybridized carbons (Fsp3) is 0.200. The molecule has 3 rings (SSSR count). The number of nitrogens with zero attached hydrogens (tertiary/aromatic N) is 2. The summed E-state index contributed by atoms with van der Waals surface area (Å²) >= 11 is 1.07. The van der Waals surface area contributed by atoms with E-state index in [0.717, 1.165) is 11.3 Å². The summed E-state index contributed by atoms with van der Waals surface area (Å²) in [5, 5.41) is 5.61. The number of ether oxygens (including phenoxy) is 2. The largest absolute Gasteiger partial charge is 0.493 e. The van der Waals surface area contributed by atoms with Crippen molar-refractivity contribution in [3.63, 3.8) is 0 Å². The summed E-state index contributed by atoms with van der Waals surface area (Å²) in [6, 6.07) is 7.94. The molecule has 168 valence electrons. The van der Waals surface area contributed by atoms with E-state index < -0.39 is 21.7 Å². The summed E-state index contributed by atoms with van der Waals surface area (Å²) in [6.45, 7) is 1.28. The van der Waals surface area contributed by atoms with Crippen molar-refractivity contribution in [1.29, 1.82) is 0 Å². The van der Waals surface area contributed by atoms with Crippen molar-refractivity contribution >= 4 is 39.3 Å². The highest BCUT2D eigenvalue weighted by Gasteiger charge is 2.19. The number of hydrogen-bond donors (Lipinski definition) is 1. The Kier molecular flexibility index (Phi) is 7.38. The molecule has 12 heteroatoms. The number of furan rings is 1. The van der Waals surface area contributed by atoms with Crippen LogP contribution in [0.4, 0.5) is 0 Å². The highest BCUT2D eigenvalue weighted by molar-refractivity contribution is 7.89. The van der Waals surface area contributed by atoms with E-state index in [4.69, 9.17) is 13.9 Å². The van der Waals surface area contributed by atoms with Gasteiger partial charge in [-0.2, -0.15) is 5.10 Å². The lowest BCUT2D eigenvalue weighted by atomic mass is 10.2. The third-order valence-corrected chi connectivity index (χ3v) is 6.36. The van der Waals surface area contributed by atoms with Crippen LogP contribution in [0.2, 0.25) is 0 Å². The summed E-state index contributed by atoms with van der Waals surface area (Å²) in [5.74, 6) is -0.682. The summed E-state index contributed by atoms with van der Waals surface area (Å²) in [6.07, 6.45) is 2.78. The molecule has 2 heterocycles. The summed E-state index contributed by atoms with van der Waals surface area (Å²) in [5.41, 5.74) is 2.97. The fourth-order valence-electron chi connectivity index (χ4n) is 2.56. The minimum atomic E-state index is -3.49. The highest BCUT2D eigenvalue weighted by Crippen LogP contribution is 2.27. The number of carbonyl (C=O) groups is 2. The Labute approximate surface area is 187 Å². The number of carbonyl (C=O) groups excluding carboxylic acids is 2. The van der Waals surface area contributed by atoms with Gasteiger partial charge in [0.15, 0.2) is 21.3 Å². The van der Waals surface area contributed by atoms with Gasteiger partial charge in [0.2, 0.25) is 0 Å². The molecule has 0 aliphatic carbocycles. The van der Waals surface area contributed by atoms with E-state index in [0.29, 0.717) is 17.1 Å². The molecule has 1 aromatic carbocycles. The van der Waals surface area contributed by atoms with Gasteiger partial charge in [-0.25, -0.2) is 18.8 Å². The second-order valence-corrected chi connectivity index (χ2v) is 9.45. The third-order valence-electron chi connectivity index (χ3n) is 3.89. The standard InChI is InChI=1S/C20H19N3O7S2/c1-13(24)30-17-6-5-14(8-18(17)28-2)9-21-23-20(25)16-10-31-19(22-16)12-32(26,27)11-15-4-3-7-29-15/h3-10H,11-12H2,1-2H3,(H,23,25)/b21-9+. The number of hydrogen-bond acceptors (Lipinski definition) is 10. The van der Waals surface area contributed by atoms with Crippen LogP contribution < -0.4 is 14.9 Å². The average molecular weight is 478 g/mol. The van der Waals surface area contributed by atoms with E-state index in [-0.39, 0.29) is 28.0 Å². The number of hydrazone groups is 1. The molecule has 0 saturated heterocycles. The van der Waals surface area contributed by atoms with Crippen LogP contribution in [0.15, 0.2) is 51.5 Å². The van der Waals surface area contributed by atoms with Crippen LogP contribution in [0.1, 0.15) is 33.7 Å². The number of methoxy groups -OCH3 is 1. The molecule has 0 aliphatic heterocycles. The molecule has 0 radical (unpaired) electrons. The van der Waals surface area contributed by atoms with Gasteiger partial charge in [0.05, 0.1) is 19.6 Å². The van der Waals surface area contributed by atoms with Crippen LogP contribution in [-0.4, -0.2) is 38.6 Å². The monoisotopic (exact) mass is 477 g/mol. The van der Waals surface area contributed by atoms with Gasteiger partial charge in [0.25, 0.3) is 5.91 Å². The lowest BCUT2D eigenvalue weighted by Gasteiger charge is -2.08. The zero-order chi connectivity index (χ0) is 23.1. The Bertz CT molecular complexity index is 1230. The molecule has 10 nitrogen and oxygen atoms in total. The number of aromatic nitrogens is 1. The number of esters is 1. The lowest BCUT2D eigenvalue weighted by molar-refractivity contribution is -0.132. The molecule has 0 unspecified atom stereocenters. The number of amides is 1.